The molecule has 14 rings (SSSR count). The van der Waals surface area contributed by atoms with Crippen molar-refractivity contribution in [1.82, 2.24) is 4.40 Å². The molecule has 3 heteroatoms. The lowest BCUT2D eigenvalue weighted by atomic mass is 9.82. The SMILES string of the molecule is CC1(C)c2ccccc2-c2ccc(N(c3ccc(-c4ccccc4)cc3)c3ccc(-c4ccc5c(c4)c4cccc6c7ccccc7c7cccc8sc9cccc(c9c87)n5c64)cc3)cc21. The monoisotopic (exact) mass is 858 g/mol. The molecule has 0 saturated heterocycles. The number of aromatic nitrogens is 1. The highest BCUT2D eigenvalue weighted by Crippen LogP contribution is 2.51. The van der Waals surface area contributed by atoms with E-state index in [1.165, 1.54) is 114 Å². The minimum atomic E-state index is -0.107. The molecule has 3 heterocycles. The highest BCUT2D eigenvalue weighted by atomic mass is 32.1. The molecular formula is C63H42N2S. The van der Waals surface area contributed by atoms with Gasteiger partial charge in [-0.25, -0.2) is 0 Å². The second kappa shape index (κ2) is 14.0. The maximum atomic E-state index is 2.55. The normalized spacial score (nSPS) is 13.1. The maximum absolute atomic E-state index is 2.55. The van der Waals surface area contributed by atoms with Crippen LogP contribution in [0.1, 0.15) is 25.0 Å². The summed E-state index contributed by atoms with van der Waals surface area (Å²) in [6.45, 7) is 4.72. The second-order valence-corrected chi connectivity index (χ2v) is 19.5. The number of benzene rings is 10. The van der Waals surface area contributed by atoms with Crippen molar-refractivity contribution in [3.05, 3.63) is 230 Å². The van der Waals surface area contributed by atoms with Crippen LogP contribution < -0.4 is 4.90 Å². The molecule has 10 aromatic carbocycles. The predicted molar refractivity (Wildman–Crippen MR) is 283 cm³/mol. The van der Waals surface area contributed by atoms with Gasteiger partial charge in [-0.1, -0.05) is 166 Å². The fraction of sp³-hybridized carbons (Fsp3) is 0.0476. The molecule has 0 bridgehead atoms. The quantitative estimate of drug-likeness (QED) is 0.167. The summed E-state index contributed by atoms with van der Waals surface area (Å²) in [6, 6.07) is 81.4. The number of hydrogen-bond donors (Lipinski definition) is 0. The van der Waals surface area contributed by atoms with Gasteiger partial charge in [0.2, 0.25) is 0 Å². The minimum Gasteiger partial charge on any atom is -0.310 e. The van der Waals surface area contributed by atoms with Gasteiger partial charge in [-0.05, 0) is 127 Å². The number of nitrogens with zero attached hydrogens (tertiary/aromatic N) is 2. The molecule has 1 aliphatic carbocycles. The van der Waals surface area contributed by atoms with Crippen molar-refractivity contribution >= 4 is 97.4 Å². The first kappa shape index (κ1) is 37.4. The van der Waals surface area contributed by atoms with E-state index in [2.05, 4.69) is 242 Å². The van der Waals surface area contributed by atoms with Gasteiger partial charge in [0.05, 0.1) is 16.6 Å². The Labute approximate surface area is 386 Å². The number of anilines is 3. The van der Waals surface area contributed by atoms with Crippen LogP contribution in [0, 0.1) is 0 Å². The largest absolute Gasteiger partial charge is 0.310 e. The van der Waals surface area contributed by atoms with Crippen LogP contribution in [0.3, 0.4) is 0 Å². The summed E-state index contributed by atoms with van der Waals surface area (Å²) >= 11 is 1.89. The number of fused-ring (bicyclic) bond motifs is 10. The summed E-state index contributed by atoms with van der Waals surface area (Å²) in [6.07, 6.45) is 0. The van der Waals surface area contributed by atoms with Crippen LogP contribution >= 0.6 is 11.3 Å². The van der Waals surface area contributed by atoms with E-state index in [0.717, 1.165) is 17.1 Å². The highest BCUT2D eigenvalue weighted by Gasteiger charge is 2.35. The Kier molecular flexibility index (Phi) is 7.94. The zero-order valence-electron chi connectivity index (χ0n) is 36.6. The van der Waals surface area contributed by atoms with E-state index in [1.54, 1.807) is 0 Å². The van der Waals surface area contributed by atoms with Crippen LogP contribution in [0.4, 0.5) is 17.1 Å². The zero-order chi connectivity index (χ0) is 43.7. The van der Waals surface area contributed by atoms with Gasteiger partial charge in [0.15, 0.2) is 0 Å². The number of thiophene rings is 1. The highest BCUT2D eigenvalue weighted by molar-refractivity contribution is 7.26. The van der Waals surface area contributed by atoms with Gasteiger partial charge in [-0.15, -0.1) is 11.3 Å². The first-order valence-electron chi connectivity index (χ1n) is 22.9. The molecule has 0 atom stereocenters. The van der Waals surface area contributed by atoms with E-state index < -0.39 is 0 Å². The maximum Gasteiger partial charge on any atom is 0.0619 e. The van der Waals surface area contributed by atoms with Crippen molar-refractivity contribution in [3.63, 3.8) is 0 Å². The average Bonchev–Trinajstić information content (AvgIpc) is 4.01. The molecule has 0 radical (unpaired) electrons. The third-order valence-corrected chi connectivity index (χ3v) is 15.7. The summed E-state index contributed by atoms with van der Waals surface area (Å²) < 4.78 is 5.19. The minimum absolute atomic E-state index is 0.107. The Bertz CT molecular complexity index is 4120. The Balaban J connectivity index is 0.942. The lowest BCUT2D eigenvalue weighted by Gasteiger charge is -2.28. The van der Waals surface area contributed by atoms with Crippen LogP contribution in [-0.2, 0) is 5.41 Å². The van der Waals surface area contributed by atoms with Crippen molar-refractivity contribution in [1.29, 1.82) is 0 Å². The molecule has 0 aliphatic heterocycles. The van der Waals surface area contributed by atoms with Gasteiger partial charge in [0.25, 0.3) is 0 Å². The van der Waals surface area contributed by atoms with E-state index in [4.69, 9.17) is 0 Å². The fourth-order valence-corrected chi connectivity index (χ4v) is 12.6. The number of rotatable bonds is 5. The van der Waals surface area contributed by atoms with Crippen LogP contribution in [-0.4, -0.2) is 4.40 Å². The smallest absolute Gasteiger partial charge is 0.0619 e. The van der Waals surface area contributed by atoms with Crippen molar-refractivity contribution in [3.8, 4) is 33.4 Å². The third kappa shape index (κ3) is 5.35. The van der Waals surface area contributed by atoms with Crippen LogP contribution in [0.15, 0.2) is 218 Å². The molecule has 3 aromatic heterocycles. The van der Waals surface area contributed by atoms with Gasteiger partial charge in [0.1, 0.15) is 0 Å². The molecule has 0 saturated carbocycles. The van der Waals surface area contributed by atoms with E-state index in [1.807, 2.05) is 11.3 Å². The van der Waals surface area contributed by atoms with Gasteiger partial charge in [-0.2, -0.15) is 0 Å². The molecular weight excluding hydrogens is 817 g/mol. The molecule has 0 spiro atoms. The lowest BCUT2D eigenvalue weighted by molar-refractivity contribution is 0.660. The molecule has 0 fully saturated rings. The summed E-state index contributed by atoms with van der Waals surface area (Å²) in [4.78, 5) is 2.41. The van der Waals surface area contributed by atoms with E-state index in [-0.39, 0.29) is 5.41 Å². The van der Waals surface area contributed by atoms with Crippen LogP contribution in [0.5, 0.6) is 0 Å². The first-order valence-corrected chi connectivity index (χ1v) is 23.7. The van der Waals surface area contributed by atoms with E-state index in [0.29, 0.717) is 0 Å². The van der Waals surface area contributed by atoms with Crippen molar-refractivity contribution in [2.75, 3.05) is 4.90 Å². The summed E-state index contributed by atoms with van der Waals surface area (Å²) in [5, 5.41) is 10.3. The Morgan fingerprint density at radius 3 is 1.68 bits per heavy atom. The number of hydrogen-bond acceptors (Lipinski definition) is 2. The van der Waals surface area contributed by atoms with E-state index in [9.17, 15) is 0 Å². The molecule has 310 valence electrons. The standard InChI is InChI=1S/C63H42N2S/c1-63(2)54-21-9-8-17-48(54)49-35-34-45(38-55(49)63)64(43-30-25-40(26-31-43)39-13-4-3-5-14-39)44-32-27-41(28-33-44)42-29-36-56-53(37-42)52-20-10-19-51-47-16-7-6-15-46(47)50-18-11-23-58-60(50)61-57(65(56)62(51)52)22-12-24-59(61)66-58/h3-38H,1-2H3. The number of para-hydroxylation sites is 1. The van der Waals surface area contributed by atoms with Gasteiger partial charge in [-0.3, -0.25) is 0 Å². The van der Waals surface area contributed by atoms with Crippen molar-refractivity contribution < 1.29 is 0 Å². The van der Waals surface area contributed by atoms with Crippen molar-refractivity contribution in [2.24, 2.45) is 0 Å². The Morgan fingerprint density at radius 2 is 0.909 bits per heavy atom. The molecule has 66 heavy (non-hydrogen) atoms. The lowest BCUT2D eigenvalue weighted by Crippen LogP contribution is -2.16. The third-order valence-electron chi connectivity index (χ3n) is 14.6. The average molecular weight is 859 g/mol. The fourth-order valence-electron chi connectivity index (χ4n) is 11.4. The second-order valence-electron chi connectivity index (χ2n) is 18.4. The van der Waals surface area contributed by atoms with Gasteiger partial charge >= 0.3 is 0 Å². The molecule has 13 aromatic rings. The summed E-state index contributed by atoms with van der Waals surface area (Å²) in [7, 11) is 0. The van der Waals surface area contributed by atoms with Crippen molar-refractivity contribution in [2.45, 2.75) is 19.3 Å². The summed E-state index contributed by atoms with van der Waals surface area (Å²) in [5.74, 6) is 0. The Morgan fingerprint density at radius 1 is 0.364 bits per heavy atom. The molecule has 2 nitrogen and oxygen atoms in total. The Hall–Kier alpha value is -7.98. The molecule has 1 aliphatic rings. The van der Waals surface area contributed by atoms with Crippen LogP contribution in [0.25, 0.3) is 102 Å². The predicted octanol–water partition coefficient (Wildman–Crippen LogP) is 18.0. The molecule has 0 amide bonds. The topological polar surface area (TPSA) is 7.65 Å². The summed E-state index contributed by atoms with van der Waals surface area (Å²) in [5.41, 5.74) is 17.2. The van der Waals surface area contributed by atoms with Gasteiger partial charge in [0, 0.05) is 58.8 Å². The van der Waals surface area contributed by atoms with Crippen LogP contribution in [0.2, 0.25) is 0 Å². The molecule has 0 N–H and O–H groups in total. The first-order chi connectivity index (χ1) is 32.5. The molecule has 0 unspecified atom stereocenters. The van der Waals surface area contributed by atoms with E-state index >= 15 is 0 Å². The zero-order valence-corrected chi connectivity index (χ0v) is 37.4. The van der Waals surface area contributed by atoms with Gasteiger partial charge < -0.3 is 9.30 Å².